The van der Waals surface area contributed by atoms with Gasteiger partial charge in [0, 0.05) is 18.7 Å². The first kappa shape index (κ1) is 17.6. The van der Waals surface area contributed by atoms with Gasteiger partial charge in [-0.3, -0.25) is 14.6 Å². The normalized spacial score (nSPS) is 14.2. The van der Waals surface area contributed by atoms with Gasteiger partial charge in [0.25, 0.3) is 5.91 Å². The third-order valence-corrected chi connectivity index (χ3v) is 4.78. The van der Waals surface area contributed by atoms with Gasteiger partial charge >= 0.3 is 0 Å². The van der Waals surface area contributed by atoms with E-state index < -0.39 is 0 Å². The Morgan fingerprint density at radius 2 is 2.22 bits per heavy atom. The van der Waals surface area contributed by atoms with E-state index in [1.807, 2.05) is 6.07 Å². The molecule has 0 radical (unpaired) electrons. The zero-order chi connectivity index (χ0) is 18.8. The maximum Gasteiger partial charge on any atom is 0.281 e. The van der Waals surface area contributed by atoms with Crippen LogP contribution in [0.3, 0.4) is 0 Å². The van der Waals surface area contributed by atoms with Crippen molar-refractivity contribution in [2.75, 3.05) is 20.3 Å². The van der Waals surface area contributed by atoms with Gasteiger partial charge in [0.15, 0.2) is 0 Å². The number of ether oxygens (including phenoxy) is 1. The van der Waals surface area contributed by atoms with Gasteiger partial charge in [-0.1, -0.05) is 19.1 Å². The number of hydroxylamine groups is 2. The van der Waals surface area contributed by atoms with E-state index in [4.69, 9.17) is 9.57 Å². The minimum atomic E-state index is -0.183. The maximum absolute atomic E-state index is 12.8. The van der Waals surface area contributed by atoms with Gasteiger partial charge in [-0.2, -0.15) is 5.10 Å². The third-order valence-electron chi connectivity index (χ3n) is 4.78. The Morgan fingerprint density at radius 3 is 2.96 bits per heavy atom. The summed E-state index contributed by atoms with van der Waals surface area (Å²) in [6.07, 6.45) is 5.15. The molecule has 0 atom stereocenters. The Kier molecular flexibility index (Phi) is 4.87. The van der Waals surface area contributed by atoms with Crippen LogP contribution >= 0.6 is 0 Å². The van der Waals surface area contributed by atoms with Crippen LogP contribution in [0.25, 0.3) is 16.6 Å². The molecule has 3 heterocycles. The zero-order valence-electron chi connectivity index (χ0n) is 15.5. The molecule has 7 nitrogen and oxygen atoms in total. The van der Waals surface area contributed by atoms with Crippen molar-refractivity contribution < 1.29 is 14.4 Å². The fourth-order valence-corrected chi connectivity index (χ4v) is 3.36. The largest absolute Gasteiger partial charge is 0.378 e. The average molecular weight is 366 g/mol. The van der Waals surface area contributed by atoms with Crippen LogP contribution in [0.1, 0.15) is 35.0 Å². The molecule has 0 saturated carbocycles. The maximum atomic E-state index is 12.8. The Morgan fingerprint density at radius 1 is 1.33 bits per heavy atom. The molecule has 1 amide bonds. The smallest absolute Gasteiger partial charge is 0.281 e. The molecule has 0 spiro atoms. The number of aryl methyl sites for hydroxylation is 1. The summed E-state index contributed by atoms with van der Waals surface area (Å²) in [6.45, 7) is 3.54. The summed E-state index contributed by atoms with van der Waals surface area (Å²) < 4.78 is 7.13. The number of benzene rings is 1. The zero-order valence-corrected chi connectivity index (χ0v) is 15.5. The number of amides is 1. The van der Waals surface area contributed by atoms with Crippen molar-refractivity contribution in [2.45, 2.75) is 26.4 Å². The lowest BCUT2D eigenvalue weighted by Gasteiger charge is -2.15. The molecule has 1 fully saturated rings. The highest BCUT2D eigenvalue weighted by atomic mass is 16.7. The Balaban J connectivity index is 1.82. The number of aromatic nitrogens is 3. The lowest BCUT2D eigenvalue weighted by atomic mass is 10.1. The number of methoxy groups -OCH3 is 1. The number of nitrogens with zero attached hydrogens (tertiary/aromatic N) is 4. The van der Waals surface area contributed by atoms with Crippen LogP contribution in [0.4, 0.5) is 0 Å². The first-order chi connectivity index (χ1) is 13.2. The van der Waals surface area contributed by atoms with E-state index in [0.29, 0.717) is 24.4 Å². The number of carbonyl (C=O) groups excluding carboxylic acids is 1. The van der Waals surface area contributed by atoms with Gasteiger partial charge in [-0.05, 0) is 30.5 Å². The van der Waals surface area contributed by atoms with Crippen molar-refractivity contribution in [1.29, 1.82) is 0 Å². The Bertz CT molecular complexity index is 977. The van der Waals surface area contributed by atoms with E-state index in [1.165, 1.54) is 10.6 Å². The number of carbonyl (C=O) groups is 1. The van der Waals surface area contributed by atoms with Gasteiger partial charge in [-0.25, -0.2) is 9.75 Å². The van der Waals surface area contributed by atoms with Gasteiger partial charge in [-0.15, -0.1) is 0 Å². The van der Waals surface area contributed by atoms with Crippen molar-refractivity contribution in [1.82, 2.24) is 19.8 Å². The van der Waals surface area contributed by atoms with Crippen molar-refractivity contribution in [3.63, 3.8) is 0 Å². The monoisotopic (exact) mass is 366 g/mol. The lowest BCUT2D eigenvalue weighted by Crippen LogP contribution is -2.27. The lowest BCUT2D eigenvalue weighted by molar-refractivity contribution is -0.0769. The minimum absolute atomic E-state index is 0.183. The number of rotatable bonds is 5. The Hall–Kier alpha value is -2.77. The van der Waals surface area contributed by atoms with Gasteiger partial charge in [0.2, 0.25) is 0 Å². The molecule has 7 heteroatoms. The van der Waals surface area contributed by atoms with Crippen LogP contribution in [0.5, 0.6) is 0 Å². The van der Waals surface area contributed by atoms with Crippen LogP contribution in [0.2, 0.25) is 0 Å². The number of hydrogen-bond acceptors (Lipinski definition) is 5. The van der Waals surface area contributed by atoms with E-state index in [9.17, 15) is 4.79 Å². The molecule has 140 valence electrons. The highest BCUT2D eigenvalue weighted by molar-refractivity contribution is 5.95. The van der Waals surface area contributed by atoms with Crippen molar-refractivity contribution in [3.8, 4) is 5.69 Å². The molecule has 0 aliphatic carbocycles. The van der Waals surface area contributed by atoms with E-state index in [2.05, 4.69) is 35.2 Å². The summed E-state index contributed by atoms with van der Waals surface area (Å²) in [5.41, 5.74) is 4.20. The first-order valence-corrected chi connectivity index (χ1v) is 9.11. The molecule has 0 N–H and O–H groups in total. The highest BCUT2D eigenvalue weighted by Gasteiger charge is 2.26. The van der Waals surface area contributed by atoms with Gasteiger partial charge in [0.05, 0.1) is 48.4 Å². The number of fused-ring (bicyclic) bond motifs is 1. The second-order valence-electron chi connectivity index (χ2n) is 6.48. The predicted octanol–water partition coefficient (Wildman–Crippen LogP) is 2.91. The van der Waals surface area contributed by atoms with Crippen molar-refractivity contribution in [3.05, 3.63) is 53.5 Å². The van der Waals surface area contributed by atoms with E-state index in [0.717, 1.165) is 29.4 Å². The quantitative estimate of drug-likeness (QED) is 0.694. The molecule has 1 aromatic carbocycles. The van der Waals surface area contributed by atoms with Crippen LogP contribution in [-0.4, -0.2) is 46.0 Å². The standard InChI is InChI=1S/C20H22N4O3/c1-3-14-5-6-15-17(11-14)21-8-7-18(15)24-19(13-26-2)16(12-22-24)20(25)23-9-4-10-27-23/h5-8,11-12H,3-4,9-10,13H2,1-2H3. The summed E-state index contributed by atoms with van der Waals surface area (Å²) in [6, 6.07) is 8.14. The summed E-state index contributed by atoms with van der Waals surface area (Å²) in [5, 5.41) is 6.88. The van der Waals surface area contributed by atoms with E-state index in [1.54, 1.807) is 24.2 Å². The summed E-state index contributed by atoms with van der Waals surface area (Å²) in [5.74, 6) is -0.183. The van der Waals surface area contributed by atoms with Crippen LogP contribution in [-0.2, 0) is 22.6 Å². The molecule has 0 unspecified atom stereocenters. The van der Waals surface area contributed by atoms with Crippen molar-refractivity contribution >= 4 is 16.8 Å². The fourth-order valence-electron chi connectivity index (χ4n) is 3.36. The van der Waals surface area contributed by atoms with Crippen LogP contribution in [0, 0.1) is 0 Å². The SMILES string of the molecule is CCc1ccc2c(-n3ncc(C(=O)N4CCCO4)c3COC)ccnc2c1. The van der Waals surface area contributed by atoms with Crippen LogP contribution in [0.15, 0.2) is 36.7 Å². The van der Waals surface area contributed by atoms with Crippen LogP contribution < -0.4 is 0 Å². The average Bonchev–Trinajstić information content (AvgIpc) is 3.37. The predicted molar refractivity (Wildman–Crippen MR) is 101 cm³/mol. The summed E-state index contributed by atoms with van der Waals surface area (Å²) >= 11 is 0. The molecule has 0 bridgehead atoms. The van der Waals surface area contributed by atoms with Gasteiger partial charge in [0.1, 0.15) is 0 Å². The van der Waals surface area contributed by atoms with E-state index in [-0.39, 0.29) is 12.5 Å². The van der Waals surface area contributed by atoms with E-state index >= 15 is 0 Å². The molecule has 3 aromatic rings. The second kappa shape index (κ2) is 7.46. The fraction of sp³-hybridized carbons (Fsp3) is 0.350. The third kappa shape index (κ3) is 3.20. The molecule has 2 aromatic heterocycles. The molecule has 1 aliphatic rings. The molecular formula is C20H22N4O3. The number of pyridine rings is 1. The minimum Gasteiger partial charge on any atom is -0.378 e. The topological polar surface area (TPSA) is 69.5 Å². The molecule has 1 saturated heterocycles. The number of hydrogen-bond donors (Lipinski definition) is 0. The summed E-state index contributed by atoms with van der Waals surface area (Å²) in [4.78, 5) is 22.7. The first-order valence-electron chi connectivity index (χ1n) is 9.11. The van der Waals surface area contributed by atoms with Gasteiger partial charge < -0.3 is 4.74 Å². The summed E-state index contributed by atoms with van der Waals surface area (Å²) in [7, 11) is 1.61. The molecular weight excluding hydrogens is 344 g/mol. The molecule has 4 rings (SSSR count). The second-order valence-corrected chi connectivity index (χ2v) is 6.48. The Labute approximate surface area is 157 Å². The molecule has 1 aliphatic heterocycles. The van der Waals surface area contributed by atoms with Crippen molar-refractivity contribution in [2.24, 2.45) is 0 Å². The highest BCUT2D eigenvalue weighted by Crippen LogP contribution is 2.25. The molecule has 27 heavy (non-hydrogen) atoms.